The molecule has 0 radical (unpaired) electrons. The summed E-state index contributed by atoms with van der Waals surface area (Å²) in [6, 6.07) is 21.0. The van der Waals surface area contributed by atoms with Crippen molar-refractivity contribution in [3.63, 3.8) is 0 Å². The Balaban J connectivity index is 1.17. The molecule has 0 aromatic heterocycles. The number of para-hydroxylation sites is 1. The molecule has 0 saturated carbocycles. The Bertz CT molecular complexity index is 1240. The first kappa shape index (κ1) is 23.7. The lowest BCUT2D eigenvalue weighted by atomic mass is 10.1. The highest BCUT2D eigenvalue weighted by atomic mass is 16.6. The number of rotatable bonds is 5. The fourth-order valence-corrected chi connectivity index (χ4v) is 4.69. The van der Waals surface area contributed by atoms with E-state index in [0.29, 0.717) is 31.2 Å². The minimum atomic E-state index is -0.164. The molecule has 2 N–H and O–H groups in total. The van der Waals surface area contributed by atoms with Gasteiger partial charge in [-0.1, -0.05) is 36.4 Å². The summed E-state index contributed by atoms with van der Waals surface area (Å²) in [5, 5.41) is 6.05. The Kier molecular flexibility index (Phi) is 7.07. The van der Waals surface area contributed by atoms with Gasteiger partial charge >= 0.3 is 6.03 Å². The highest BCUT2D eigenvalue weighted by Gasteiger charge is 2.21. The third kappa shape index (κ3) is 5.46. The summed E-state index contributed by atoms with van der Waals surface area (Å²) in [6.45, 7) is 3.72. The van der Waals surface area contributed by atoms with E-state index in [2.05, 4.69) is 16.7 Å². The standard InChI is InChI=1S/C29H31N3O4/c1-20(23-11-14-26-27(19-23)36-17-16-35-26)30-28(33)18-21-9-12-24(13-10-21)31-29(34)32-15-5-4-7-22-6-2-3-8-25(22)32/h2-3,6,8-14,19-20H,4-5,7,15-18H2,1H3,(H,30,33)(H,31,34)/t20-/m1/s1. The molecule has 1 atom stereocenters. The van der Waals surface area contributed by atoms with Crippen LogP contribution >= 0.6 is 0 Å². The number of anilines is 2. The van der Waals surface area contributed by atoms with Crippen LogP contribution in [0.25, 0.3) is 0 Å². The fraction of sp³-hybridized carbons (Fsp3) is 0.310. The molecule has 0 bridgehead atoms. The first-order chi connectivity index (χ1) is 17.6. The lowest BCUT2D eigenvalue weighted by Gasteiger charge is -2.23. The molecule has 36 heavy (non-hydrogen) atoms. The van der Waals surface area contributed by atoms with Crippen molar-refractivity contribution in [2.24, 2.45) is 0 Å². The molecule has 0 saturated heterocycles. The van der Waals surface area contributed by atoms with Crippen LogP contribution in [-0.2, 0) is 17.6 Å². The Hall–Kier alpha value is -4.00. The SMILES string of the molecule is C[C@@H](NC(=O)Cc1ccc(NC(=O)N2CCCCc3ccccc32)cc1)c1ccc2c(c1)OCCO2. The number of ether oxygens (including phenoxy) is 2. The van der Waals surface area contributed by atoms with Crippen molar-refractivity contribution in [1.82, 2.24) is 5.32 Å². The van der Waals surface area contributed by atoms with Crippen LogP contribution in [0.3, 0.4) is 0 Å². The minimum absolute atomic E-state index is 0.0738. The zero-order chi connectivity index (χ0) is 24.9. The van der Waals surface area contributed by atoms with Crippen LogP contribution in [-0.4, -0.2) is 31.7 Å². The van der Waals surface area contributed by atoms with Gasteiger partial charge in [0.15, 0.2) is 11.5 Å². The topological polar surface area (TPSA) is 79.9 Å². The molecule has 3 aromatic carbocycles. The maximum atomic E-state index is 13.0. The van der Waals surface area contributed by atoms with Gasteiger partial charge in [0.05, 0.1) is 12.5 Å². The highest BCUT2D eigenvalue weighted by molar-refractivity contribution is 6.02. The van der Waals surface area contributed by atoms with Crippen molar-refractivity contribution >= 4 is 23.3 Å². The van der Waals surface area contributed by atoms with Crippen molar-refractivity contribution in [3.05, 3.63) is 83.4 Å². The number of amides is 3. The van der Waals surface area contributed by atoms with Gasteiger partial charge in [0.1, 0.15) is 13.2 Å². The number of urea groups is 1. The normalized spacial score (nSPS) is 15.3. The summed E-state index contributed by atoms with van der Waals surface area (Å²) in [4.78, 5) is 27.5. The maximum absolute atomic E-state index is 13.0. The van der Waals surface area contributed by atoms with Gasteiger partial charge in [-0.25, -0.2) is 4.79 Å². The van der Waals surface area contributed by atoms with Crippen LogP contribution in [0, 0.1) is 0 Å². The van der Waals surface area contributed by atoms with Gasteiger partial charge in [0.25, 0.3) is 0 Å². The van der Waals surface area contributed by atoms with Crippen LogP contribution in [0.15, 0.2) is 66.7 Å². The summed E-state index contributed by atoms with van der Waals surface area (Å²) in [5.74, 6) is 1.37. The Labute approximate surface area is 211 Å². The van der Waals surface area contributed by atoms with Crippen molar-refractivity contribution in [1.29, 1.82) is 0 Å². The van der Waals surface area contributed by atoms with E-state index >= 15 is 0 Å². The van der Waals surface area contributed by atoms with E-state index < -0.39 is 0 Å². The predicted octanol–water partition coefficient (Wildman–Crippen LogP) is 5.25. The molecular weight excluding hydrogens is 454 g/mol. The number of nitrogens with zero attached hydrogens (tertiary/aromatic N) is 1. The lowest BCUT2D eigenvalue weighted by Crippen LogP contribution is -2.35. The van der Waals surface area contributed by atoms with Crippen LogP contribution in [0.1, 0.15) is 42.5 Å². The van der Waals surface area contributed by atoms with Crippen LogP contribution in [0.5, 0.6) is 11.5 Å². The number of benzene rings is 3. The number of aryl methyl sites for hydroxylation is 1. The molecule has 2 aliphatic rings. The molecule has 5 rings (SSSR count). The predicted molar refractivity (Wildman–Crippen MR) is 140 cm³/mol. The van der Waals surface area contributed by atoms with E-state index in [1.165, 1.54) is 5.56 Å². The number of hydrogen-bond donors (Lipinski definition) is 2. The molecule has 2 aliphatic heterocycles. The average molecular weight is 486 g/mol. The molecule has 2 heterocycles. The van der Waals surface area contributed by atoms with Gasteiger partial charge < -0.3 is 20.1 Å². The van der Waals surface area contributed by atoms with E-state index in [0.717, 1.165) is 41.8 Å². The molecule has 3 amide bonds. The van der Waals surface area contributed by atoms with E-state index in [1.54, 1.807) is 0 Å². The zero-order valence-electron chi connectivity index (χ0n) is 20.5. The van der Waals surface area contributed by atoms with E-state index in [1.807, 2.05) is 72.5 Å². The highest BCUT2D eigenvalue weighted by Crippen LogP contribution is 2.32. The first-order valence-electron chi connectivity index (χ1n) is 12.5. The van der Waals surface area contributed by atoms with Crippen LogP contribution in [0.2, 0.25) is 0 Å². The summed E-state index contributed by atoms with van der Waals surface area (Å²) in [5.41, 5.74) is 4.72. The molecule has 186 valence electrons. The minimum Gasteiger partial charge on any atom is -0.486 e. The lowest BCUT2D eigenvalue weighted by molar-refractivity contribution is -0.121. The van der Waals surface area contributed by atoms with Crippen molar-refractivity contribution in [2.45, 2.75) is 38.6 Å². The monoisotopic (exact) mass is 485 g/mol. The fourth-order valence-electron chi connectivity index (χ4n) is 4.69. The number of hydrogen-bond acceptors (Lipinski definition) is 4. The summed E-state index contributed by atoms with van der Waals surface area (Å²) >= 11 is 0. The van der Waals surface area contributed by atoms with Crippen LogP contribution < -0.4 is 25.0 Å². The summed E-state index contributed by atoms with van der Waals surface area (Å²) in [7, 11) is 0. The average Bonchev–Trinajstić information content (AvgIpc) is 3.12. The van der Waals surface area contributed by atoms with Crippen molar-refractivity contribution < 1.29 is 19.1 Å². The molecule has 3 aromatic rings. The van der Waals surface area contributed by atoms with E-state index in [4.69, 9.17) is 9.47 Å². The Morgan fingerprint density at radius 2 is 1.72 bits per heavy atom. The quantitative estimate of drug-likeness (QED) is 0.517. The summed E-state index contributed by atoms with van der Waals surface area (Å²) < 4.78 is 11.2. The second-order valence-electron chi connectivity index (χ2n) is 9.23. The van der Waals surface area contributed by atoms with Crippen molar-refractivity contribution in [3.8, 4) is 11.5 Å². The second kappa shape index (κ2) is 10.7. The molecule has 0 unspecified atom stereocenters. The van der Waals surface area contributed by atoms with E-state index in [9.17, 15) is 9.59 Å². The number of carbonyl (C=O) groups excluding carboxylic acids is 2. The molecule has 0 aliphatic carbocycles. The molecule has 7 nitrogen and oxygen atoms in total. The largest absolute Gasteiger partial charge is 0.486 e. The molecular formula is C29H31N3O4. The smallest absolute Gasteiger partial charge is 0.326 e. The van der Waals surface area contributed by atoms with Gasteiger partial charge in [0, 0.05) is 17.9 Å². The van der Waals surface area contributed by atoms with Gasteiger partial charge in [0.2, 0.25) is 5.91 Å². The van der Waals surface area contributed by atoms with E-state index in [-0.39, 0.29) is 24.4 Å². The van der Waals surface area contributed by atoms with Gasteiger partial charge in [-0.05, 0) is 73.2 Å². The van der Waals surface area contributed by atoms with Gasteiger partial charge in [-0.15, -0.1) is 0 Å². The third-order valence-corrected chi connectivity index (χ3v) is 6.62. The Morgan fingerprint density at radius 3 is 2.56 bits per heavy atom. The third-order valence-electron chi connectivity index (χ3n) is 6.62. The van der Waals surface area contributed by atoms with Gasteiger partial charge in [-0.2, -0.15) is 0 Å². The molecule has 0 spiro atoms. The number of fused-ring (bicyclic) bond motifs is 2. The van der Waals surface area contributed by atoms with Crippen LogP contribution in [0.4, 0.5) is 16.2 Å². The zero-order valence-corrected chi connectivity index (χ0v) is 20.5. The number of carbonyl (C=O) groups is 2. The summed E-state index contributed by atoms with van der Waals surface area (Å²) in [6.07, 6.45) is 3.29. The van der Waals surface area contributed by atoms with Gasteiger partial charge in [-0.3, -0.25) is 9.69 Å². The Morgan fingerprint density at radius 1 is 0.944 bits per heavy atom. The second-order valence-corrected chi connectivity index (χ2v) is 9.23. The number of nitrogens with one attached hydrogen (secondary N) is 2. The maximum Gasteiger partial charge on any atom is 0.326 e. The van der Waals surface area contributed by atoms with Crippen molar-refractivity contribution in [2.75, 3.05) is 30.0 Å². The first-order valence-corrected chi connectivity index (χ1v) is 12.5. The molecule has 0 fully saturated rings. The molecule has 7 heteroatoms.